The predicted molar refractivity (Wildman–Crippen MR) is 47.7 cm³/mol. The molecule has 4 heteroatoms. The molecule has 2 nitrogen and oxygen atoms in total. The summed E-state index contributed by atoms with van der Waals surface area (Å²) < 4.78 is 22.6. The van der Waals surface area contributed by atoms with Crippen molar-refractivity contribution in [2.24, 2.45) is 0 Å². The molecule has 1 heterocycles. The first-order valence-electron chi connectivity index (χ1n) is 3.33. The predicted octanol–water partition coefficient (Wildman–Crippen LogP) is 2.10. The minimum absolute atomic E-state index is 0.228. The Morgan fingerprint density at radius 2 is 2.00 bits per heavy atom. The molecule has 1 aliphatic rings. The number of halogens is 1. The summed E-state index contributed by atoms with van der Waals surface area (Å²) in [5, 5.41) is 1.46. The number of hydrogen-bond donors (Lipinski definition) is 0. The van der Waals surface area contributed by atoms with Gasteiger partial charge in [-0.3, -0.25) is 0 Å². The molecule has 0 unspecified atom stereocenters. The zero-order valence-electron chi connectivity index (χ0n) is 5.99. The minimum Gasteiger partial charge on any atom is -0.219 e. The van der Waals surface area contributed by atoms with Crippen molar-refractivity contribution >= 4 is 27.5 Å². The first-order valence-corrected chi connectivity index (χ1v) is 5.25. The largest absolute Gasteiger partial charge is 0.219 e. The summed E-state index contributed by atoms with van der Waals surface area (Å²) in [5.74, 6) is 0. The average Bonchev–Trinajstić information content (AvgIpc) is 2.29. The molecule has 62 valence electrons. The Morgan fingerprint density at radius 3 is 2.67 bits per heavy atom. The first kappa shape index (κ1) is 7.83. The highest BCUT2D eigenvalue weighted by Gasteiger charge is 2.22. The van der Waals surface area contributed by atoms with E-state index in [0.29, 0.717) is 5.56 Å². The van der Waals surface area contributed by atoms with Gasteiger partial charge < -0.3 is 0 Å². The van der Waals surface area contributed by atoms with Crippen LogP contribution in [-0.4, -0.2) is 8.42 Å². The third-order valence-electron chi connectivity index (χ3n) is 1.71. The summed E-state index contributed by atoms with van der Waals surface area (Å²) in [6.07, 6.45) is 1.55. The minimum atomic E-state index is -3.25. The molecular weight excluding hydrogens is 196 g/mol. The topological polar surface area (TPSA) is 34.1 Å². The molecular formula is C8H5ClO2S. The lowest BCUT2D eigenvalue weighted by Crippen LogP contribution is -1.93. The maximum atomic E-state index is 11.3. The van der Waals surface area contributed by atoms with Crippen LogP contribution in [0.2, 0.25) is 5.02 Å². The van der Waals surface area contributed by atoms with E-state index in [0.717, 1.165) is 0 Å². The molecule has 0 fully saturated rings. The van der Waals surface area contributed by atoms with E-state index in [-0.39, 0.29) is 9.92 Å². The van der Waals surface area contributed by atoms with Crippen LogP contribution in [0, 0.1) is 0 Å². The molecule has 0 saturated heterocycles. The average molecular weight is 201 g/mol. The van der Waals surface area contributed by atoms with Crippen LogP contribution in [0.4, 0.5) is 0 Å². The van der Waals surface area contributed by atoms with Crippen molar-refractivity contribution in [2.45, 2.75) is 4.90 Å². The first-order chi connectivity index (χ1) is 5.61. The standard InChI is InChI=1S/C8H5ClO2S/c9-7-3-1-2-6-4-5-12(10,11)8(6)7/h1-5H. The lowest BCUT2D eigenvalue weighted by molar-refractivity contribution is 0.605. The Kier molecular flexibility index (Phi) is 1.53. The van der Waals surface area contributed by atoms with Gasteiger partial charge in [0, 0.05) is 5.41 Å². The van der Waals surface area contributed by atoms with Crippen LogP contribution in [0.1, 0.15) is 5.56 Å². The number of rotatable bonds is 0. The van der Waals surface area contributed by atoms with Crippen molar-refractivity contribution in [3.05, 3.63) is 34.2 Å². The molecule has 0 spiro atoms. The van der Waals surface area contributed by atoms with Crippen LogP contribution in [0.3, 0.4) is 0 Å². The molecule has 0 N–H and O–H groups in total. The van der Waals surface area contributed by atoms with Crippen molar-refractivity contribution < 1.29 is 8.42 Å². The number of hydrogen-bond acceptors (Lipinski definition) is 2. The number of sulfone groups is 1. The lowest BCUT2D eigenvalue weighted by atomic mass is 10.2. The van der Waals surface area contributed by atoms with Crippen molar-refractivity contribution in [1.82, 2.24) is 0 Å². The molecule has 0 radical (unpaired) electrons. The molecule has 0 amide bonds. The highest BCUT2D eigenvalue weighted by Crippen LogP contribution is 2.32. The van der Waals surface area contributed by atoms with Crippen LogP contribution in [0.5, 0.6) is 0 Å². The van der Waals surface area contributed by atoms with Crippen LogP contribution >= 0.6 is 11.6 Å². The normalized spacial score (nSPS) is 17.8. The maximum absolute atomic E-state index is 11.3. The number of benzene rings is 1. The van der Waals surface area contributed by atoms with E-state index < -0.39 is 9.84 Å². The van der Waals surface area contributed by atoms with E-state index in [1.54, 1.807) is 24.3 Å². The smallest absolute Gasteiger partial charge is 0.201 e. The van der Waals surface area contributed by atoms with E-state index in [1.165, 1.54) is 5.41 Å². The summed E-state index contributed by atoms with van der Waals surface area (Å²) in [5.41, 5.74) is 0.669. The summed E-state index contributed by atoms with van der Waals surface area (Å²) in [6.45, 7) is 0. The molecule has 2 rings (SSSR count). The van der Waals surface area contributed by atoms with Gasteiger partial charge in [0.25, 0.3) is 0 Å². The monoisotopic (exact) mass is 200 g/mol. The summed E-state index contributed by atoms with van der Waals surface area (Å²) >= 11 is 5.73. The fraction of sp³-hybridized carbons (Fsp3) is 0. The Balaban J connectivity index is 2.88. The van der Waals surface area contributed by atoms with Gasteiger partial charge in [-0.15, -0.1) is 0 Å². The van der Waals surface area contributed by atoms with Gasteiger partial charge in [0.05, 0.1) is 9.92 Å². The van der Waals surface area contributed by atoms with E-state index in [4.69, 9.17) is 11.6 Å². The van der Waals surface area contributed by atoms with Crippen LogP contribution < -0.4 is 0 Å². The quantitative estimate of drug-likeness (QED) is 0.643. The Labute approximate surface area is 75.4 Å². The van der Waals surface area contributed by atoms with E-state index in [2.05, 4.69) is 0 Å². The van der Waals surface area contributed by atoms with Gasteiger partial charge in [0.15, 0.2) is 0 Å². The van der Waals surface area contributed by atoms with E-state index in [1.807, 2.05) is 0 Å². The maximum Gasteiger partial charge on any atom is 0.201 e. The summed E-state index contributed by atoms with van der Waals surface area (Å²) in [6, 6.07) is 5.03. The van der Waals surface area contributed by atoms with Crippen molar-refractivity contribution in [3.8, 4) is 0 Å². The van der Waals surface area contributed by atoms with Crippen LogP contribution in [0.25, 0.3) is 6.08 Å². The van der Waals surface area contributed by atoms with E-state index >= 15 is 0 Å². The molecule has 12 heavy (non-hydrogen) atoms. The summed E-state index contributed by atoms with van der Waals surface area (Å²) in [7, 11) is -3.25. The zero-order chi connectivity index (χ0) is 8.77. The van der Waals surface area contributed by atoms with Crippen molar-refractivity contribution in [1.29, 1.82) is 0 Å². The van der Waals surface area contributed by atoms with Crippen molar-refractivity contribution in [3.63, 3.8) is 0 Å². The van der Waals surface area contributed by atoms with Gasteiger partial charge in [-0.1, -0.05) is 23.7 Å². The molecule has 0 atom stereocenters. The molecule has 0 aliphatic carbocycles. The van der Waals surface area contributed by atoms with Gasteiger partial charge >= 0.3 is 0 Å². The zero-order valence-corrected chi connectivity index (χ0v) is 7.56. The molecule has 0 saturated carbocycles. The third kappa shape index (κ3) is 0.974. The highest BCUT2D eigenvalue weighted by molar-refractivity contribution is 7.95. The lowest BCUT2D eigenvalue weighted by Gasteiger charge is -1.99. The van der Waals surface area contributed by atoms with Crippen LogP contribution in [-0.2, 0) is 9.84 Å². The second-order valence-electron chi connectivity index (χ2n) is 2.51. The Hall–Kier alpha value is -0.800. The number of fused-ring (bicyclic) bond motifs is 1. The Bertz CT molecular complexity index is 460. The van der Waals surface area contributed by atoms with Gasteiger partial charge in [-0.25, -0.2) is 8.42 Å². The third-order valence-corrected chi connectivity index (χ3v) is 3.65. The second kappa shape index (κ2) is 2.34. The molecule has 0 bridgehead atoms. The van der Waals surface area contributed by atoms with Crippen molar-refractivity contribution in [2.75, 3.05) is 0 Å². The molecule has 1 aliphatic heterocycles. The Morgan fingerprint density at radius 1 is 1.25 bits per heavy atom. The van der Waals surface area contributed by atoms with Gasteiger partial charge in [0.1, 0.15) is 0 Å². The van der Waals surface area contributed by atoms with Gasteiger partial charge in [0.2, 0.25) is 9.84 Å². The molecule has 1 aromatic carbocycles. The molecule has 0 aromatic heterocycles. The fourth-order valence-electron chi connectivity index (χ4n) is 1.19. The fourth-order valence-corrected chi connectivity index (χ4v) is 2.96. The molecule has 1 aromatic rings. The SMILES string of the molecule is O=S1(=O)C=Cc2cccc(Cl)c21. The van der Waals surface area contributed by atoms with E-state index in [9.17, 15) is 8.42 Å². The van der Waals surface area contributed by atoms with Gasteiger partial charge in [-0.2, -0.15) is 0 Å². The highest BCUT2D eigenvalue weighted by atomic mass is 35.5. The second-order valence-corrected chi connectivity index (χ2v) is 4.68. The summed E-state index contributed by atoms with van der Waals surface area (Å²) in [4.78, 5) is 0.228. The van der Waals surface area contributed by atoms with Gasteiger partial charge in [-0.05, 0) is 17.7 Å². The van der Waals surface area contributed by atoms with Crippen LogP contribution in [0.15, 0.2) is 28.5 Å².